The highest BCUT2D eigenvalue weighted by atomic mass is 32.1. The van der Waals surface area contributed by atoms with Crippen LogP contribution >= 0.6 is 11.3 Å². The average Bonchev–Trinajstić information content (AvgIpc) is 2.74. The van der Waals surface area contributed by atoms with Gasteiger partial charge < -0.3 is 10.6 Å². The monoisotopic (exact) mass is 267 g/mol. The molecule has 1 saturated carbocycles. The maximum atomic E-state index is 12.4. The van der Waals surface area contributed by atoms with Gasteiger partial charge in [-0.25, -0.2) is 4.98 Å². The molecule has 0 saturated heterocycles. The molecule has 0 aromatic carbocycles. The molecule has 2 rings (SSSR count). The van der Waals surface area contributed by atoms with Crippen LogP contribution < -0.4 is 5.73 Å². The number of nitrogens with zero attached hydrogens (tertiary/aromatic N) is 2. The minimum atomic E-state index is -0.632. The lowest BCUT2D eigenvalue weighted by molar-refractivity contribution is -0.137. The Morgan fingerprint density at radius 2 is 2.17 bits per heavy atom. The third kappa shape index (κ3) is 2.90. The van der Waals surface area contributed by atoms with Crippen LogP contribution in [0.3, 0.4) is 0 Å². The van der Waals surface area contributed by atoms with Crippen molar-refractivity contribution in [2.45, 2.75) is 51.1 Å². The number of nitrogens with two attached hydrogens (primary N) is 1. The van der Waals surface area contributed by atoms with E-state index in [0.29, 0.717) is 6.54 Å². The van der Waals surface area contributed by atoms with Crippen molar-refractivity contribution < 1.29 is 4.79 Å². The Bertz CT molecular complexity index is 424. The van der Waals surface area contributed by atoms with Crippen LogP contribution in [-0.4, -0.2) is 28.4 Å². The Hall–Kier alpha value is -0.940. The zero-order chi connectivity index (χ0) is 13.2. The Balaban J connectivity index is 1.99. The number of aromatic nitrogens is 1. The number of aryl methyl sites for hydroxylation is 1. The molecule has 4 nitrogen and oxygen atoms in total. The number of amides is 1. The van der Waals surface area contributed by atoms with E-state index in [1.807, 2.05) is 20.2 Å². The molecule has 0 atom stereocenters. The van der Waals surface area contributed by atoms with E-state index < -0.39 is 5.54 Å². The molecule has 1 aliphatic rings. The molecule has 0 radical (unpaired) electrons. The first-order chi connectivity index (χ1) is 8.51. The number of thiazole rings is 1. The molecule has 100 valence electrons. The van der Waals surface area contributed by atoms with Crippen LogP contribution in [0.15, 0.2) is 6.20 Å². The van der Waals surface area contributed by atoms with E-state index in [4.69, 9.17) is 5.73 Å². The maximum absolute atomic E-state index is 12.4. The maximum Gasteiger partial charge on any atom is 0.242 e. The summed E-state index contributed by atoms with van der Waals surface area (Å²) in [5.74, 6) is 0.0771. The number of hydrogen-bond acceptors (Lipinski definition) is 4. The minimum Gasteiger partial charge on any atom is -0.339 e. The molecule has 1 aromatic rings. The lowest BCUT2D eigenvalue weighted by atomic mass is 9.81. The SMILES string of the molecule is Cc1ncc(CN(C)C(=O)C2(N)CCCCC2)s1. The van der Waals surface area contributed by atoms with Crippen molar-refractivity contribution in [2.24, 2.45) is 5.73 Å². The molecule has 0 bridgehead atoms. The van der Waals surface area contributed by atoms with Crippen LogP contribution in [0.4, 0.5) is 0 Å². The van der Waals surface area contributed by atoms with Crippen LogP contribution in [0, 0.1) is 6.92 Å². The second-order valence-electron chi connectivity index (χ2n) is 5.22. The van der Waals surface area contributed by atoms with Gasteiger partial charge in [-0.3, -0.25) is 4.79 Å². The van der Waals surface area contributed by atoms with Crippen molar-refractivity contribution in [3.05, 3.63) is 16.1 Å². The summed E-state index contributed by atoms with van der Waals surface area (Å²) in [5.41, 5.74) is 5.63. The molecule has 0 spiro atoms. The van der Waals surface area contributed by atoms with Gasteiger partial charge in [0.25, 0.3) is 0 Å². The third-order valence-corrected chi connectivity index (χ3v) is 4.48. The summed E-state index contributed by atoms with van der Waals surface area (Å²) in [6.07, 6.45) is 6.80. The normalized spacial score (nSPS) is 18.6. The second-order valence-corrected chi connectivity index (χ2v) is 6.54. The Morgan fingerprint density at radius 1 is 1.50 bits per heavy atom. The van der Waals surface area contributed by atoms with Crippen molar-refractivity contribution in [2.75, 3.05) is 7.05 Å². The fourth-order valence-electron chi connectivity index (χ4n) is 2.56. The Kier molecular flexibility index (Phi) is 4.02. The first-order valence-electron chi connectivity index (χ1n) is 6.47. The first kappa shape index (κ1) is 13.5. The lowest BCUT2D eigenvalue weighted by Gasteiger charge is -2.35. The zero-order valence-corrected chi connectivity index (χ0v) is 11.9. The Labute approximate surface area is 112 Å². The predicted octanol–water partition coefficient (Wildman–Crippen LogP) is 2.07. The van der Waals surface area contributed by atoms with Gasteiger partial charge in [-0.2, -0.15) is 0 Å². The summed E-state index contributed by atoms with van der Waals surface area (Å²) in [7, 11) is 1.83. The highest BCUT2D eigenvalue weighted by Crippen LogP contribution is 2.28. The van der Waals surface area contributed by atoms with Gasteiger partial charge in [-0.1, -0.05) is 19.3 Å². The van der Waals surface area contributed by atoms with E-state index in [-0.39, 0.29) is 5.91 Å². The molecule has 1 fully saturated rings. The molecule has 0 aliphatic heterocycles. The highest BCUT2D eigenvalue weighted by molar-refractivity contribution is 7.11. The largest absolute Gasteiger partial charge is 0.339 e. The van der Waals surface area contributed by atoms with Crippen LogP contribution in [0.2, 0.25) is 0 Å². The fourth-order valence-corrected chi connectivity index (χ4v) is 3.41. The van der Waals surface area contributed by atoms with Gasteiger partial charge in [-0.05, 0) is 19.8 Å². The molecule has 5 heteroatoms. The smallest absolute Gasteiger partial charge is 0.242 e. The number of likely N-dealkylation sites (N-methyl/N-ethyl adjacent to an activating group) is 1. The van der Waals surface area contributed by atoms with Gasteiger partial charge in [-0.15, -0.1) is 11.3 Å². The van der Waals surface area contributed by atoms with E-state index in [2.05, 4.69) is 4.98 Å². The molecule has 1 aliphatic carbocycles. The topological polar surface area (TPSA) is 59.2 Å². The molecule has 1 heterocycles. The van der Waals surface area contributed by atoms with Gasteiger partial charge in [0.2, 0.25) is 5.91 Å². The third-order valence-electron chi connectivity index (χ3n) is 3.58. The number of hydrogen-bond donors (Lipinski definition) is 1. The van der Waals surface area contributed by atoms with Crippen molar-refractivity contribution in [1.29, 1.82) is 0 Å². The van der Waals surface area contributed by atoms with Gasteiger partial charge in [0.1, 0.15) is 0 Å². The molecular weight excluding hydrogens is 246 g/mol. The molecule has 2 N–H and O–H groups in total. The van der Waals surface area contributed by atoms with E-state index in [1.54, 1.807) is 16.2 Å². The molecule has 1 amide bonds. The number of carbonyl (C=O) groups is 1. The van der Waals surface area contributed by atoms with E-state index in [0.717, 1.165) is 35.6 Å². The molecular formula is C13H21N3OS. The summed E-state index contributed by atoms with van der Waals surface area (Å²) < 4.78 is 0. The van der Waals surface area contributed by atoms with Crippen LogP contribution in [0.5, 0.6) is 0 Å². The van der Waals surface area contributed by atoms with Crippen molar-refractivity contribution in [3.8, 4) is 0 Å². The van der Waals surface area contributed by atoms with Crippen molar-refractivity contribution in [1.82, 2.24) is 9.88 Å². The molecule has 18 heavy (non-hydrogen) atoms. The summed E-state index contributed by atoms with van der Waals surface area (Å²) in [4.78, 5) is 19.5. The lowest BCUT2D eigenvalue weighted by Crippen LogP contribution is -2.55. The summed E-state index contributed by atoms with van der Waals surface area (Å²) in [5, 5.41) is 1.03. The summed E-state index contributed by atoms with van der Waals surface area (Å²) >= 11 is 1.63. The van der Waals surface area contributed by atoms with Crippen molar-refractivity contribution in [3.63, 3.8) is 0 Å². The van der Waals surface area contributed by atoms with Crippen molar-refractivity contribution >= 4 is 17.2 Å². The summed E-state index contributed by atoms with van der Waals surface area (Å²) in [6, 6.07) is 0. The molecule has 0 unspecified atom stereocenters. The van der Waals surface area contributed by atoms with Gasteiger partial charge in [0.05, 0.1) is 17.1 Å². The van der Waals surface area contributed by atoms with E-state index in [9.17, 15) is 4.79 Å². The van der Waals surface area contributed by atoms with Crippen LogP contribution in [0.25, 0.3) is 0 Å². The quantitative estimate of drug-likeness (QED) is 0.912. The van der Waals surface area contributed by atoms with Crippen LogP contribution in [-0.2, 0) is 11.3 Å². The standard InChI is InChI=1S/C13H21N3OS/c1-10-15-8-11(18-10)9-16(2)12(17)13(14)6-4-3-5-7-13/h8H,3-7,9,14H2,1-2H3. The first-order valence-corrected chi connectivity index (χ1v) is 7.29. The van der Waals surface area contributed by atoms with Gasteiger partial charge >= 0.3 is 0 Å². The van der Waals surface area contributed by atoms with Crippen LogP contribution in [0.1, 0.15) is 42.0 Å². The van der Waals surface area contributed by atoms with Gasteiger partial charge in [0, 0.05) is 18.1 Å². The van der Waals surface area contributed by atoms with E-state index >= 15 is 0 Å². The minimum absolute atomic E-state index is 0.0771. The zero-order valence-electron chi connectivity index (χ0n) is 11.1. The molecule has 1 aromatic heterocycles. The number of carbonyl (C=O) groups excluding carboxylic acids is 1. The predicted molar refractivity (Wildman–Crippen MR) is 73.3 cm³/mol. The fraction of sp³-hybridized carbons (Fsp3) is 0.692. The average molecular weight is 267 g/mol. The van der Waals surface area contributed by atoms with E-state index in [1.165, 1.54) is 6.42 Å². The second kappa shape index (κ2) is 5.36. The Morgan fingerprint density at radius 3 is 2.72 bits per heavy atom. The van der Waals surface area contributed by atoms with Gasteiger partial charge in [0.15, 0.2) is 0 Å². The summed E-state index contributed by atoms with van der Waals surface area (Å²) in [6.45, 7) is 2.59. The number of rotatable bonds is 3. The highest BCUT2D eigenvalue weighted by Gasteiger charge is 2.37.